The molecule has 2 aromatic carbocycles. The van der Waals surface area contributed by atoms with E-state index in [1.54, 1.807) is 0 Å². The lowest BCUT2D eigenvalue weighted by Crippen LogP contribution is -2.37. The van der Waals surface area contributed by atoms with E-state index in [1.807, 2.05) is 12.1 Å². The van der Waals surface area contributed by atoms with Gasteiger partial charge in [0, 0.05) is 43.3 Å². The van der Waals surface area contributed by atoms with E-state index in [0.29, 0.717) is 0 Å². The maximum absolute atomic E-state index is 4.82. The lowest BCUT2D eigenvalue weighted by Gasteiger charge is -2.22. The first kappa shape index (κ1) is 18.9. The summed E-state index contributed by atoms with van der Waals surface area (Å²) in [6.45, 7) is 8.45. The summed E-state index contributed by atoms with van der Waals surface area (Å²) in [5.41, 5.74) is 5.63. The fourth-order valence-electron chi connectivity index (χ4n) is 3.51. The number of nitrogens with zero attached hydrogens (tertiary/aromatic N) is 4. The molecule has 0 saturated heterocycles. The second-order valence-corrected chi connectivity index (χ2v) is 6.73. The summed E-state index contributed by atoms with van der Waals surface area (Å²) in [4.78, 5) is 2.34. The summed E-state index contributed by atoms with van der Waals surface area (Å²) < 4.78 is 2.20. The maximum Gasteiger partial charge on any atom is 0.228 e. The number of aromatic nitrogens is 1. The van der Waals surface area contributed by atoms with Gasteiger partial charge < -0.3 is 4.90 Å². The van der Waals surface area contributed by atoms with E-state index in [9.17, 15) is 0 Å². The molecule has 0 aliphatic heterocycles. The van der Waals surface area contributed by atoms with E-state index in [0.717, 1.165) is 30.2 Å². The number of benzene rings is 2. The summed E-state index contributed by atoms with van der Waals surface area (Å²) in [7, 11) is 4.09. The van der Waals surface area contributed by atoms with Crippen LogP contribution >= 0.6 is 0 Å². The van der Waals surface area contributed by atoms with Crippen molar-refractivity contribution >= 4 is 28.0 Å². The van der Waals surface area contributed by atoms with Gasteiger partial charge in [-0.25, -0.2) is 0 Å². The summed E-state index contributed by atoms with van der Waals surface area (Å²) >= 11 is 0. The lowest BCUT2D eigenvalue weighted by atomic mass is 10.1. The normalized spacial score (nSPS) is 11.7. The molecule has 0 N–H and O–H groups in total. The van der Waals surface area contributed by atoms with Crippen LogP contribution in [0.1, 0.15) is 26.5 Å². The van der Waals surface area contributed by atoms with Crippen molar-refractivity contribution in [1.82, 2.24) is 0 Å². The zero-order valence-corrected chi connectivity index (χ0v) is 17.0. The Balaban J connectivity index is 1.86. The second-order valence-electron chi connectivity index (χ2n) is 6.73. The largest absolute Gasteiger partial charge is 0.372 e. The van der Waals surface area contributed by atoms with Crippen LogP contribution in [0.5, 0.6) is 0 Å². The van der Waals surface area contributed by atoms with Crippen molar-refractivity contribution < 1.29 is 4.57 Å². The van der Waals surface area contributed by atoms with E-state index in [2.05, 4.69) is 97.9 Å². The molecule has 0 amide bonds. The number of aryl methyl sites for hydroxylation is 1. The van der Waals surface area contributed by atoms with Crippen molar-refractivity contribution in [3.05, 3.63) is 66.4 Å². The van der Waals surface area contributed by atoms with Gasteiger partial charge in [-0.3, -0.25) is 5.01 Å². The monoisotopic (exact) mass is 361 g/mol. The van der Waals surface area contributed by atoms with Gasteiger partial charge in [0.1, 0.15) is 12.8 Å². The molecule has 140 valence electrons. The highest BCUT2D eigenvalue weighted by Gasteiger charge is 2.15. The average molecular weight is 362 g/mol. The van der Waals surface area contributed by atoms with Gasteiger partial charge in [0.15, 0.2) is 0 Å². The van der Waals surface area contributed by atoms with Crippen LogP contribution in [-0.2, 0) is 7.05 Å². The van der Waals surface area contributed by atoms with Crippen molar-refractivity contribution in [2.75, 3.05) is 30.0 Å². The molecule has 1 aromatic heterocycles. The predicted octanol–water partition coefficient (Wildman–Crippen LogP) is 4.37. The minimum Gasteiger partial charge on any atom is -0.372 e. The van der Waals surface area contributed by atoms with Crippen molar-refractivity contribution in [2.45, 2.75) is 20.8 Å². The second kappa shape index (κ2) is 8.21. The predicted molar refractivity (Wildman–Crippen MR) is 116 cm³/mol. The number of hydrogen-bond acceptors (Lipinski definition) is 3. The molecule has 0 fully saturated rings. The van der Waals surface area contributed by atoms with E-state index in [4.69, 9.17) is 5.10 Å². The van der Waals surface area contributed by atoms with Crippen LogP contribution in [0.15, 0.2) is 65.8 Å². The average Bonchev–Trinajstić information content (AvgIpc) is 2.69. The lowest BCUT2D eigenvalue weighted by molar-refractivity contribution is -0.646. The molecule has 0 atom stereocenters. The van der Waals surface area contributed by atoms with Crippen LogP contribution in [0.25, 0.3) is 10.9 Å². The smallest absolute Gasteiger partial charge is 0.228 e. The minimum absolute atomic E-state index is 0.985. The summed E-state index contributed by atoms with van der Waals surface area (Å²) in [6.07, 6.45) is 0. The standard InChI is InChI=1S/C23H29N4/c1-6-27(7-2)21-15-13-20(14-16-21)26(5)24-18(3)22-17-12-19-10-8-9-11-23(19)25(22)4/h8-17H,6-7H2,1-5H3/q+1. The quantitative estimate of drug-likeness (QED) is 0.370. The van der Waals surface area contributed by atoms with Crippen molar-refractivity contribution in [3.63, 3.8) is 0 Å². The Labute approximate surface area is 162 Å². The van der Waals surface area contributed by atoms with Gasteiger partial charge in [-0.15, -0.1) is 0 Å². The molecule has 3 aromatic rings. The number of anilines is 2. The van der Waals surface area contributed by atoms with E-state index < -0.39 is 0 Å². The van der Waals surface area contributed by atoms with Gasteiger partial charge in [-0.1, -0.05) is 12.1 Å². The van der Waals surface area contributed by atoms with Crippen molar-refractivity contribution in [1.29, 1.82) is 0 Å². The van der Waals surface area contributed by atoms with Crippen LogP contribution in [-0.4, -0.2) is 25.8 Å². The van der Waals surface area contributed by atoms with Crippen molar-refractivity contribution in [3.8, 4) is 0 Å². The summed E-state index contributed by atoms with van der Waals surface area (Å²) in [5, 5.41) is 7.99. The fourth-order valence-corrected chi connectivity index (χ4v) is 3.51. The zero-order chi connectivity index (χ0) is 19.4. The Morgan fingerprint density at radius 1 is 0.889 bits per heavy atom. The molecule has 0 bridgehead atoms. The summed E-state index contributed by atoms with van der Waals surface area (Å²) in [5.74, 6) is 0. The molecule has 0 aliphatic carbocycles. The molecular formula is C23H29N4+. The Bertz CT molecular complexity index is 940. The molecule has 0 spiro atoms. The molecule has 27 heavy (non-hydrogen) atoms. The Morgan fingerprint density at radius 3 is 2.19 bits per heavy atom. The van der Waals surface area contributed by atoms with Crippen molar-refractivity contribution in [2.24, 2.45) is 12.1 Å². The topological polar surface area (TPSA) is 22.7 Å². The van der Waals surface area contributed by atoms with Crippen LogP contribution in [0.2, 0.25) is 0 Å². The molecule has 0 saturated carbocycles. The minimum atomic E-state index is 0.985. The van der Waals surface area contributed by atoms with Gasteiger partial charge in [0.2, 0.25) is 11.2 Å². The zero-order valence-electron chi connectivity index (χ0n) is 17.0. The Kier molecular flexibility index (Phi) is 5.75. The van der Waals surface area contributed by atoms with Crippen LogP contribution in [0.3, 0.4) is 0 Å². The summed E-state index contributed by atoms with van der Waals surface area (Å²) in [6, 6.07) is 21.3. The first-order valence-corrected chi connectivity index (χ1v) is 9.57. The molecule has 0 radical (unpaired) electrons. The molecule has 0 unspecified atom stereocenters. The highest BCUT2D eigenvalue weighted by molar-refractivity contribution is 5.97. The molecule has 4 nitrogen and oxygen atoms in total. The first-order valence-electron chi connectivity index (χ1n) is 9.57. The number of hydrazone groups is 1. The number of fused-ring (bicyclic) bond motifs is 1. The molecule has 3 rings (SSSR count). The van der Waals surface area contributed by atoms with Gasteiger partial charge in [0.05, 0.1) is 5.69 Å². The first-order chi connectivity index (χ1) is 13.0. The van der Waals surface area contributed by atoms with E-state index in [-0.39, 0.29) is 0 Å². The number of pyridine rings is 1. The SMILES string of the molecule is CCN(CC)c1ccc(N(C)N=C(C)c2ccc3ccccc3[n+]2C)cc1. The Hall–Kier alpha value is -2.88. The third kappa shape index (κ3) is 3.95. The van der Waals surface area contributed by atoms with Crippen LogP contribution in [0, 0.1) is 0 Å². The molecular weight excluding hydrogens is 332 g/mol. The van der Waals surface area contributed by atoms with Crippen LogP contribution in [0.4, 0.5) is 11.4 Å². The van der Waals surface area contributed by atoms with E-state index >= 15 is 0 Å². The van der Waals surface area contributed by atoms with Gasteiger partial charge >= 0.3 is 0 Å². The number of rotatable bonds is 6. The fraction of sp³-hybridized carbons (Fsp3) is 0.304. The highest BCUT2D eigenvalue weighted by atomic mass is 15.4. The Morgan fingerprint density at radius 2 is 1.52 bits per heavy atom. The molecule has 0 aliphatic rings. The van der Waals surface area contributed by atoms with Crippen LogP contribution < -0.4 is 14.5 Å². The van der Waals surface area contributed by atoms with Gasteiger partial charge in [-0.2, -0.15) is 9.67 Å². The number of para-hydroxylation sites is 1. The molecule has 1 heterocycles. The molecule has 4 heteroatoms. The van der Waals surface area contributed by atoms with E-state index in [1.165, 1.54) is 16.6 Å². The van der Waals surface area contributed by atoms with Gasteiger partial charge in [-0.05, 0) is 57.2 Å². The third-order valence-electron chi connectivity index (χ3n) is 5.10. The third-order valence-corrected chi connectivity index (χ3v) is 5.10. The van der Waals surface area contributed by atoms with Gasteiger partial charge in [0.25, 0.3) is 0 Å². The maximum atomic E-state index is 4.82. The highest BCUT2D eigenvalue weighted by Crippen LogP contribution is 2.20. The number of hydrogen-bond donors (Lipinski definition) is 0.